The fraction of sp³-hybridized carbons (Fsp3) is 0.294. The van der Waals surface area contributed by atoms with Crippen molar-refractivity contribution in [3.05, 3.63) is 328 Å². The van der Waals surface area contributed by atoms with Gasteiger partial charge in [-0.05, 0) is 188 Å². The van der Waals surface area contributed by atoms with Crippen molar-refractivity contribution in [1.29, 1.82) is 0 Å². The largest absolute Gasteiger partial charge is 0.485 e. The van der Waals surface area contributed by atoms with Crippen LogP contribution in [0.5, 0.6) is 28.7 Å². The highest BCUT2D eigenvalue weighted by Gasteiger charge is 2.18. The van der Waals surface area contributed by atoms with Gasteiger partial charge in [0.15, 0.2) is 0 Å². The summed E-state index contributed by atoms with van der Waals surface area (Å²) in [5.41, 5.74) is -3.42. The summed E-state index contributed by atoms with van der Waals surface area (Å²) in [7, 11) is 0. The normalized spacial score (nSPS) is 24.5. The van der Waals surface area contributed by atoms with E-state index in [1.54, 1.807) is 90.2 Å². The van der Waals surface area contributed by atoms with Crippen LogP contribution in [0.3, 0.4) is 0 Å². The summed E-state index contributed by atoms with van der Waals surface area (Å²) in [5, 5.41) is 9.26. The summed E-state index contributed by atoms with van der Waals surface area (Å²) in [5.74, 6) is -3.55. The van der Waals surface area contributed by atoms with Crippen molar-refractivity contribution >= 4 is 0 Å². The molecule has 10 aromatic carbocycles. The molecule has 10 heteroatoms. The van der Waals surface area contributed by atoms with Gasteiger partial charge >= 0.3 is 0 Å². The number of hydrogen-bond acceptors (Lipinski definition) is 10. The van der Waals surface area contributed by atoms with Crippen LogP contribution in [0, 0.1) is 34.3 Å². The van der Waals surface area contributed by atoms with Crippen LogP contribution in [0.4, 0.5) is 0 Å². The van der Waals surface area contributed by atoms with Crippen molar-refractivity contribution in [1.82, 2.24) is 26.6 Å². The number of benzene rings is 10. The van der Waals surface area contributed by atoms with Gasteiger partial charge in [0.25, 0.3) is 0 Å². The molecule has 10 rings (SSSR count). The second-order valence-electron chi connectivity index (χ2n) is 18.1. The van der Waals surface area contributed by atoms with E-state index in [2.05, 4.69) is 10.6 Å². The Kier molecular flexibility index (Phi) is 12.0. The van der Waals surface area contributed by atoms with E-state index in [1.807, 2.05) is 5.32 Å². The molecule has 0 spiro atoms. The molecule has 0 heterocycles. The zero-order valence-electron chi connectivity index (χ0n) is 115. The molecule has 0 saturated carbocycles. The molecule has 10 nitrogen and oxygen atoms in total. The molecule has 0 radical (unpaired) electrons. The Morgan fingerprint density at radius 2 is 0.642 bits per heavy atom. The van der Waals surface area contributed by atoms with E-state index < -0.39 is 352 Å². The van der Waals surface area contributed by atoms with Crippen LogP contribution in [0.2, 0.25) is 0 Å². The van der Waals surface area contributed by atoms with Gasteiger partial charge in [0.1, 0.15) is 59.2 Å². The van der Waals surface area contributed by atoms with E-state index in [1.165, 1.54) is 41.7 Å². The lowest BCUT2D eigenvalue weighted by Gasteiger charge is -2.20. The van der Waals surface area contributed by atoms with E-state index >= 15 is 0 Å². The first-order chi connectivity index (χ1) is 72.3. The van der Waals surface area contributed by atoms with Crippen LogP contribution in [0.25, 0.3) is 0 Å². The second-order valence-corrected chi connectivity index (χ2v) is 18.1. The van der Waals surface area contributed by atoms with Crippen LogP contribution in [-0.2, 0) is 0 Å². The maximum absolute atomic E-state index is 8.92. The second kappa shape index (κ2) is 44.6. The van der Waals surface area contributed by atoms with Gasteiger partial charge in [-0.2, -0.15) is 0 Å². The van der Waals surface area contributed by atoms with E-state index in [0.717, 1.165) is 6.92 Å². The molecule has 0 saturated heterocycles. The third kappa shape index (κ3) is 27.5. The van der Waals surface area contributed by atoms with Crippen molar-refractivity contribution in [2.45, 2.75) is 96.8 Å². The fourth-order valence-electron chi connectivity index (χ4n) is 7.35. The zero-order chi connectivity index (χ0) is 123. The van der Waals surface area contributed by atoms with Crippen molar-refractivity contribution < 1.29 is 113 Å². The van der Waals surface area contributed by atoms with Crippen LogP contribution >= 0.6 is 0 Å². The minimum atomic E-state index is -3.87. The van der Waals surface area contributed by atoms with Crippen LogP contribution in [-0.4, -0.2) is 67.5 Å². The quantitative estimate of drug-likeness (QED) is 0.0299. The molecule has 0 aliphatic rings. The van der Waals surface area contributed by atoms with Crippen LogP contribution < -0.4 is 50.3 Å². The minimum absolute atomic E-state index is 0.0183. The molecule has 500 valence electrons. The van der Waals surface area contributed by atoms with Gasteiger partial charge < -0.3 is 50.3 Å². The monoisotopic (exact) mass is 1340 g/mol. The van der Waals surface area contributed by atoms with Crippen LogP contribution in [0.15, 0.2) is 272 Å². The molecule has 5 N–H and O–H groups in total. The zero-order valence-corrected chi connectivity index (χ0v) is 50.2. The number of rotatable bonds is 30. The lowest BCUT2D eigenvalue weighted by Crippen LogP contribution is -2.16. The Hall–Kier alpha value is -9.00. The average Bonchev–Trinajstić information content (AvgIpc) is 0.708. The summed E-state index contributed by atoms with van der Waals surface area (Å²) in [6.45, 7) is -35.0. The molecule has 5 atom stereocenters. The number of ether oxygens (including phenoxy) is 5. The minimum Gasteiger partial charge on any atom is -0.485 e. The topological polar surface area (TPSA) is 106 Å². The molecule has 0 aliphatic carbocycles. The summed E-state index contributed by atoms with van der Waals surface area (Å²) < 4.78 is 536. The molecule has 5 unspecified atom stereocenters. The molecule has 95 heavy (non-hydrogen) atoms. The molecular formula is C85H105N5O5. The lowest BCUT2D eigenvalue weighted by molar-refractivity contribution is 0.193. The Morgan fingerprint density at radius 3 is 1.06 bits per heavy atom. The van der Waals surface area contributed by atoms with E-state index in [9.17, 15) is 0 Å². The molecular weight excluding hydrogens is 1170 g/mol. The molecule has 0 aromatic heterocycles. The highest BCUT2D eigenvalue weighted by molar-refractivity contribution is 5.37. The predicted molar refractivity (Wildman–Crippen MR) is 398 cm³/mol. The number of hydrogen-bond donors (Lipinski definition) is 5. The fourth-order valence-corrected chi connectivity index (χ4v) is 7.35. The standard InChI is InChI=1S/5C17H21NO/c5*1-14-8-6-7-11-16(14)19-17(12-13-18-2)15-9-4-3-5-10-15/h5*3-11,17-18H,12-13H2,1-2H3/i2D3,3D,4D,5D,6D,7D,8D,9D,10D,11D,12D2,13D2,17D;1D3,2D3,6D,7D,8D,11D,12D2,13D2;1D3,2D3,6D,7D,8D,11D,13D2;1D3,2D3,6D,7D,8D,11D,12D2;1D3,2D3,6D,7D,8D,11D. The van der Waals surface area contributed by atoms with Gasteiger partial charge in [-0.25, -0.2) is 0 Å². The van der Waals surface area contributed by atoms with Crippen molar-refractivity contribution in [3.8, 4) is 28.7 Å². The van der Waals surface area contributed by atoms with Crippen molar-refractivity contribution in [3.63, 3.8) is 0 Å². The average molecular weight is 1340 g/mol. The lowest BCUT2D eigenvalue weighted by atomic mass is 10.1. The molecule has 0 bridgehead atoms. The van der Waals surface area contributed by atoms with E-state index in [-0.39, 0.29) is 29.7 Å². The molecule has 0 aliphatic heterocycles. The highest BCUT2D eigenvalue weighted by Crippen LogP contribution is 2.32. The van der Waals surface area contributed by atoms with Gasteiger partial charge in [-0.15, -0.1) is 0 Å². The first-order valence-electron chi connectivity index (χ1n) is 60.3. The third-order valence-electron chi connectivity index (χ3n) is 11.7. The van der Waals surface area contributed by atoms with E-state index in [0.29, 0.717) is 11.1 Å². The van der Waals surface area contributed by atoms with E-state index in [4.69, 9.17) is 113 Å². The van der Waals surface area contributed by atoms with Crippen molar-refractivity contribution in [2.75, 3.05) is 67.5 Å². The summed E-state index contributed by atoms with van der Waals surface area (Å²) in [6.07, 6.45) is -19.3. The molecule has 0 fully saturated rings. The molecule has 0 amide bonds. The van der Waals surface area contributed by atoms with Gasteiger partial charge in [0.2, 0.25) is 0 Å². The molecule has 10 aromatic rings. The highest BCUT2D eigenvalue weighted by atomic mass is 16.5. The maximum atomic E-state index is 8.92. The Bertz CT molecular complexity index is 6700. The van der Waals surface area contributed by atoms with Gasteiger partial charge in [0.05, 0.1) is 35.6 Å². The SMILES string of the molecule is [2H]c1c([2H])c([2H])c(C([2H])(Oc2c([2H])c([2H])c([2H])c([2H])c2C)C([2H])([2H])C([2H])([2H])NC([2H])([2H])[2H])c([2H])c1[2H].[2H]c1c([2H])c([2H])c(C([2H])([2H])[2H])c(OC(CC([2H])([2H])NC([2H])([2H])[2H])c2ccccc2)c1[2H].[2H]c1c([2H])c([2H])c(C([2H])([2H])[2H])c(OC(CCNC([2H])([2H])[2H])c2ccccc2)c1[2H].[2H]c1c([2H])c([2H])c(C([2H])([2H])[2H])c(OC(c2ccccc2)C([2H])([2H])C([2H])([2H])NC([2H])([2H])[2H])c1[2H].[2H]c1c([2H])c([2H])c(C([2H])([2H])[2H])c(OC(c2ccccc2)C([2H])([2H])CNC([2H])([2H])[2H])c1[2H]. The number of para-hydroxylation sites is 5. The maximum Gasteiger partial charge on any atom is 0.125 e. The summed E-state index contributed by atoms with van der Waals surface area (Å²) in [6, 6.07) is 11.0. The van der Waals surface area contributed by atoms with Crippen molar-refractivity contribution in [2.24, 2.45) is 0 Å². The Morgan fingerprint density at radius 1 is 0.316 bits per heavy atom. The first-order valence-corrected chi connectivity index (χ1v) is 27.8. The number of nitrogens with one attached hydrogen (secondary N) is 5. The summed E-state index contributed by atoms with van der Waals surface area (Å²) in [4.78, 5) is 0. The summed E-state index contributed by atoms with van der Waals surface area (Å²) >= 11 is 0. The van der Waals surface area contributed by atoms with Gasteiger partial charge in [-0.3, -0.25) is 0 Å². The van der Waals surface area contributed by atoms with Crippen LogP contribution in [0.1, 0.15) is 207 Å². The first kappa shape index (κ1) is 25.5. The smallest absolute Gasteiger partial charge is 0.125 e. The predicted octanol–water partition coefficient (Wildman–Crippen LogP) is 18.6. The third-order valence-corrected chi connectivity index (χ3v) is 11.7. The van der Waals surface area contributed by atoms with Gasteiger partial charge in [-0.1, -0.05) is 242 Å². The van der Waals surface area contributed by atoms with Gasteiger partial charge in [0, 0.05) is 85.4 Å². The Labute approximate surface area is 661 Å². The Balaban J connectivity index is 0.000000304.